The first-order valence-corrected chi connectivity index (χ1v) is 9.38. The molecule has 0 N–H and O–H groups in total. The van der Waals surface area contributed by atoms with Gasteiger partial charge in [0.2, 0.25) is 0 Å². The summed E-state index contributed by atoms with van der Waals surface area (Å²) in [6.45, 7) is 5.87. The summed E-state index contributed by atoms with van der Waals surface area (Å²) in [4.78, 5) is 2.40. The van der Waals surface area contributed by atoms with Crippen LogP contribution in [0.2, 0.25) is 0 Å². The molecule has 146 valence electrons. The van der Waals surface area contributed by atoms with Crippen molar-refractivity contribution >= 4 is 0 Å². The molecule has 0 aliphatic carbocycles. The first-order chi connectivity index (χ1) is 13.2. The van der Waals surface area contributed by atoms with Crippen molar-refractivity contribution in [3.8, 4) is 11.5 Å². The van der Waals surface area contributed by atoms with E-state index in [0.29, 0.717) is 13.2 Å². The molecule has 2 aromatic rings. The van der Waals surface area contributed by atoms with Gasteiger partial charge in [-0.05, 0) is 18.6 Å². The van der Waals surface area contributed by atoms with Crippen LogP contribution in [0.15, 0.2) is 48.5 Å². The molecule has 0 aromatic heterocycles. The Morgan fingerprint density at radius 1 is 1.04 bits per heavy atom. The van der Waals surface area contributed by atoms with Crippen LogP contribution < -0.4 is 9.47 Å². The number of ether oxygens (including phenoxy) is 4. The Bertz CT molecular complexity index is 707. The molecule has 3 rings (SSSR count). The average molecular weight is 371 g/mol. The molecule has 1 saturated heterocycles. The minimum atomic E-state index is 0.0710. The van der Waals surface area contributed by atoms with E-state index in [4.69, 9.17) is 18.9 Å². The summed E-state index contributed by atoms with van der Waals surface area (Å²) in [5.74, 6) is 1.66. The van der Waals surface area contributed by atoms with E-state index >= 15 is 0 Å². The summed E-state index contributed by atoms with van der Waals surface area (Å²) in [5, 5.41) is 0. The molecule has 0 spiro atoms. The van der Waals surface area contributed by atoms with Gasteiger partial charge < -0.3 is 18.9 Å². The van der Waals surface area contributed by atoms with Crippen molar-refractivity contribution in [2.75, 3.05) is 33.9 Å². The average Bonchev–Trinajstić information content (AvgIpc) is 2.69. The highest BCUT2D eigenvalue weighted by atomic mass is 16.5. The van der Waals surface area contributed by atoms with Crippen LogP contribution >= 0.6 is 0 Å². The van der Waals surface area contributed by atoms with Crippen LogP contribution in [0.5, 0.6) is 11.5 Å². The second kappa shape index (κ2) is 9.74. The predicted molar refractivity (Wildman–Crippen MR) is 105 cm³/mol. The van der Waals surface area contributed by atoms with E-state index in [1.165, 1.54) is 5.56 Å². The van der Waals surface area contributed by atoms with Crippen molar-refractivity contribution in [1.29, 1.82) is 0 Å². The number of nitrogens with zero attached hydrogens (tertiary/aromatic N) is 1. The molecule has 1 heterocycles. The largest absolute Gasteiger partial charge is 0.497 e. The second-order valence-electron chi connectivity index (χ2n) is 6.94. The summed E-state index contributed by atoms with van der Waals surface area (Å²) in [6, 6.07) is 16.2. The fourth-order valence-electron chi connectivity index (χ4n) is 3.47. The van der Waals surface area contributed by atoms with Gasteiger partial charge >= 0.3 is 0 Å². The topological polar surface area (TPSA) is 40.2 Å². The fraction of sp³-hybridized carbons (Fsp3) is 0.455. The zero-order valence-corrected chi connectivity index (χ0v) is 16.4. The van der Waals surface area contributed by atoms with E-state index in [1.807, 2.05) is 30.3 Å². The third kappa shape index (κ3) is 5.70. The highest BCUT2D eigenvalue weighted by Gasteiger charge is 2.26. The summed E-state index contributed by atoms with van der Waals surface area (Å²) < 4.78 is 22.8. The molecule has 2 unspecified atom stereocenters. The molecule has 1 aliphatic heterocycles. The van der Waals surface area contributed by atoms with Crippen molar-refractivity contribution in [2.45, 2.75) is 32.3 Å². The molecule has 0 saturated carbocycles. The Kier molecular flexibility index (Phi) is 7.10. The van der Waals surface area contributed by atoms with Crippen molar-refractivity contribution in [1.82, 2.24) is 4.90 Å². The zero-order valence-electron chi connectivity index (χ0n) is 16.4. The van der Waals surface area contributed by atoms with E-state index < -0.39 is 0 Å². The van der Waals surface area contributed by atoms with Crippen LogP contribution in [-0.4, -0.2) is 51.0 Å². The third-order valence-corrected chi connectivity index (χ3v) is 4.71. The molecule has 5 heteroatoms. The van der Waals surface area contributed by atoms with E-state index in [-0.39, 0.29) is 12.2 Å². The van der Waals surface area contributed by atoms with Gasteiger partial charge in [0.25, 0.3) is 0 Å². The first-order valence-electron chi connectivity index (χ1n) is 9.38. The Hall–Kier alpha value is -2.08. The van der Waals surface area contributed by atoms with E-state index in [2.05, 4.69) is 30.0 Å². The van der Waals surface area contributed by atoms with Gasteiger partial charge in [0.1, 0.15) is 11.5 Å². The Balaban J connectivity index is 1.55. The number of hydrogen-bond acceptors (Lipinski definition) is 5. The smallest absolute Gasteiger partial charge is 0.127 e. The Morgan fingerprint density at radius 2 is 1.85 bits per heavy atom. The van der Waals surface area contributed by atoms with Crippen molar-refractivity contribution in [2.24, 2.45) is 0 Å². The highest BCUT2D eigenvalue weighted by Crippen LogP contribution is 2.26. The van der Waals surface area contributed by atoms with Gasteiger partial charge in [-0.2, -0.15) is 0 Å². The van der Waals surface area contributed by atoms with Gasteiger partial charge in [-0.3, -0.25) is 4.90 Å². The molecule has 0 radical (unpaired) electrons. The molecule has 1 fully saturated rings. The lowest BCUT2D eigenvalue weighted by Crippen LogP contribution is -2.47. The maximum atomic E-state index is 6.07. The lowest BCUT2D eigenvalue weighted by atomic mass is 10.1. The summed E-state index contributed by atoms with van der Waals surface area (Å²) in [7, 11) is 3.36. The lowest BCUT2D eigenvalue weighted by Gasteiger charge is -2.37. The highest BCUT2D eigenvalue weighted by molar-refractivity contribution is 5.40. The summed E-state index contributed by atoms with van der Waals surface area (Å²) in [6.07, 6.45) is 0.245. The maximum absolute atomic E-state index is 6.07. The van der Waals surface area contributed by atoms with Crippen molar-refractivity contribution in [3.05, 3.63) is 59.7 Å². The molecular weight excluding hydrogens is 342 g/mol. The molecule has 0 bridgehead atoms. The third-order valence-electron chi connectivity index (χ3n) is 4.71. The summed E-state index contributed by atoms with van der Waals surface area (Å²) >= 11 is 0. The Morgan fingerprint density at radius 3 is 2.59 bits per heavy atom. The molecular formula is C22H29NO4. The maximum Gasteiger partial charge on any atom is 0.127 e. The molecule has 1 aliphatic rings. The fourth-order valence-corrected chi connectivity index (χ4v) is 3.47. The van der Waals surface area contributed by atoms with Crippen LogP contribution in [0.1, 0.15) is 18.1 Å². The van der Waals surface area contributed by atoms with Gasteiger partial charge in [-0.1, -0.05) is 36.4 Å². The SMILES string of the molecule is COc1ccc(CN2CC(C)OC(COCc3ccccc3)C2)c(OC)c1. The number of morpholine rings is 1. The van der Waals surface area contributed by atoms with Gasteiger partial charge in [0.15, 0.2) is 0 Å². The normalized spacial score (nSPS) is 20.4. The van der Waals surface area contributed by atoms with Crippen LogP contribution in [0.3, 0.4) is 0 Å². The van der Waals surface area contributed by atoms with Gasteiger partial charge in [-0.15, -0.1) is 0 Å². The molecule has 0 amide bonds. The number of benzene rings is 2. The van der Waals surface area contributed by atoms with Gasteiger partial charge in [-0.25, -0.2) is 0 Å². The standard InChI is InChI=1S/C22H29NO4/c1-17-12-23(13-19-9-10-20(24-2)11-22(19)25-3)14-21(27-17)16-26-15-18-7-5-4-6-8-18/h4-11,17,21H,12-16H2,1-3H3. The van der Waals surface area contributed by atoms with Crippen molar-refractivity contribution < 1.29 is 18.9 Å². The minimum absolute atomic E-state index is 0.0710. The predicted octanol–water partition coefficient (Wildman–Crippen LogP) is 3.51. The van der Waals surface area contributed by atoms with Crippen LogP contribution in [0, 0.1) is 0 Å². The lowest BCUT2D eigenvalue weighted by molar-refractivity contribution is -0.111. The van der Waals surface area contributed by atoms with E-state index in [0.717, 1.165) is 36.7 Å². The van der Waals surface area contributed by atoms with Crippen LogP contribution in [0.25, 0.3) is 0 Å². The monoisotopic (exact) mass is 371 g/mol. The van der Waals surface area contributed by atoms with Gasteiger partial charge in [0, 0.05) is 31.3 Å². The number of methoxy groups -OCH3 is 2. The second-order valence-corrected chi connectivity index (χ2v) is 6.94. The quantitative estimate of drug-likeness (QED) is 0.710. The van der Waals surface area contributed by atoms with Gasteiger partial charge in [0.05, 0.1) is 39.6 Å². The minimum Gasteiger partial charge on any atom is -0.497 e. The van der Waals surface area contributed by atoms with Crippen LogP contribution in [-0.2, 0) is 22.6 Å². The van der Waals surface area contributed by atoms with E-state index in [9.17, 15) is 0 Å². The van der Waals surface area contributed by atoms with Crippen LogP contribution in [0.4, 0.5) is 0 Å². The number of hydrogen-bond donors (Lipinski definition) is 0. The molecule has 5 nitrogen and oxygen atoms in total. The summed E-state index contributed by atoms with van der Waals surface area (Å²) in [5.41, 5.74) is 2.33. The van der Waals surface area contributed by atoms with E-state index in [1.54, 1.807) is 14.2 Å². The van der Waals surface area contributed by atoms with Crippen molar-refractivity contribution in [3.63, 3.8) is 0 Å². The molecule has 27 heavy (non-hydrogen) atoms. The molecule has 2 aromatic carbocycles. The first kappa shape index (κ1) is 19.7. The number of rotatable bonds is 8. The zero-order chi connectivity index (χ0) is 19.1. The molecule has 2 atom stereocenters. The Labute approximate surface area is 161 Å².